The number of aliphatic carboxylic acids is 1. The molecule has 0 amide bonds. The van der Waals surface area contributed by atoms with E-state index in [1.165, 1.54) is 19.4 Å². The van der Waals surface area contributed by atoms with Crippen molar-refractivity contribution in [1.29, 1.82) is 0 Å². The van der Waals surface area contributed by atoms with Crippen molar-refractivity contribution in [3.63, 3.8) is 0 Å². The third kappa shape index (κ3) is 3.45. The largest absolute Gasteiger partial charge is 0.481 e. The van der Waals surface area contributed by atoms with E-state index in [0.717, 1.165) is 32.5 Å². The Labute approximate surface area is 110 Å². The van der Waals surface area contributed by atoms with Crippen molar-refractivity contribution >= 4 is 5.97 Å². The molecule has 1 saturated carbocycles. The fraction of sp³-hybridized carbons (Fsp3) is 0.929. The van der Waals surface area contributed by atoms with Gasteiger partial charge in [-0.1, -0.05) is 6.92 Å². The molecular weight excluding hydrogens is 228 g/mol. The van der Waals surface area contributed by atoms with Crippen molar-refractivity contribution < 1.29 is 9.90 Å². The second kappa shape index (κ2) is 5.57. The molecule has 1 aliphatic carbocycles. The summed E-state index contributed by atoms with van der Waals surface area (Å²) in [5.74, 6) is -0.642. The van der Waals surface area contributed by atoms with E-state index in [2.05, 4.69) is 23.8 Å². The molecular formula is C14H26N2O2. The summed E-state index contributed by atoms with van der Waals surface area (Å²) >= 11 is 0. The van der Waals surface area contributed by atoms with Crippen LogP contribution in [-0.2, 0) is 4.79 Å². The van der Waals surface area contributed by atoms with Gasteiger partial charge in [0, 0.05) is 19.1 Å². The van der Waals surface area contributed by atoms with Crippen LogP contribution < -0.4 is 0 Å². The molecule has 0 spiro atoms. The number of hydrogen-bond donors (Lipinski definition) is 1. The third-order valence-electron chi connectivity index (χ3n) is 4.52. The molecule has 0 aromatic heterocycles. The number of carbonyl (C=O) groups is 1. The molecule has 0 bridgehead atoms. The minimum absolute atomic E-state index is 0.0935. The maximum Gasteiger partial charge on any atom is 0.303 e. The van der Waals surface area contributed by atoms with Crippen LogP contribution in [0.5, 0.6) is 0 Å². The van der Waals surface area contributed by atoms with Crippen molar-refractivity contribution in [2.24, 2.45) is 5.41 Å². The maximum atomic E-state index is 10.9. The molecule has 0 aromatic rings. The third-order valence-corrected chi connectivity index (χ3v) is 4.52. The molecule has 4 heteroatoms. The van der Waals surface area contributed by atoms with Gasteiger partial charge in [0.25, 0.3) is 0 Å². The number of hydrogen-bond acceptors (Lipinski definition) is 3. The van der Waals surface area contributed by atoms with Crippen molar-refractivity contribution in [3.8, 4) is 0 Å². The molecule has 1 N–H and O–H groups in total. The zero-order chi connectivity index (χ0) is 13.2. The highest BCUT2D eigenvalue weighted by molar-refractivity contribution is 5.68. The maximum absolute atomic E-state index is 10.9. The number of rotatable bonds is 7. The molecule has 1 saturated heterocycles. The van der Waals surface area contributed by atoms with Gasteiger partial charge in [0.05, 0.1) is 6.42 Å². The van der Waals surface area contributed by atoms with Gasteiger partial charge in [0.15, 0.2) is 0 Å². The van der Waals surface area contributed by atoms with Gasteiger partial charge in [-0.25, -0.2) is 0 Å². The molecule has 0 radical (unpaired) electrons. The molecule has 18 heavy (non-hydrogen) atoms. The number of nitrogens with zero attached hydrogens (tertiary/aromatic N) is 2. The molecule has 2 fully saturated rings. The van der Waals surface area contributed by atoms with Crippen LogP contribution in [0.3, 0.4) is 0 Å². The van der Waals surface area contributed by atoms with E-state index in [4.69, 9.17) is 5.11 Å². The Morgan fingerprint density at radius 2 is 2.22 bits per heavy atom. The van der Waals surface area contributed by atoms with Gasteiger partial charge in [0.1, 0.15) is 0 Å². The fourth-order valence-electron chi connectivity index (χ4n) is 3.40. The smallest absolute Gasteiger partial charge is 0.303 e. The molecule has 0 aromatic carbocycles. The minimum atomic E-state index is -0.642. The molecule has 1 atom stereocenters. The standard InChI is InChI=1S/C14H26N2O2/c1-3-16-8-4-5-12(16)10-15(2)11-14(6-7-14)9-13(17)18/h12H,3-11H2,1-2H3,(H,17,18). The Morgan fingerprint density at radius 3 is 2.78 bits per heavy atom. The summed E-state index contributed by atoms with van der Waals surface area (Å²) in [4.78, 5) is 15.8. The highest BCUT2D eigenvalue weighted by atomic mass is 16.4. The van der Waals surface area contributed by atoms with E-state index >= 15 is 0 Å². The zero-order valence-electron chi connectivity index (χ0n) is 11.7. The summed E-state index contributed by atoms with van der Waals surface area (Å²) in [5, 5.41) is 8.94. The summed E-state index contributed by atoms with van der Waals surface area (Å²) in [5.41, 5.74) is 0.0935. The van der Waals surface area contributed by atoms with Crippen LogP contribution in [0.25, 0.3) is 0 Å². The average molecular weight is 254 g/mol. The summed E-state index contributed by atoms with van der Waals surface area (Å²) in [6, 6.07) is 0.681. The first-order valence-electron chi connectivity index (χ1n) is 7.19. The van der Waals surface area contributed by atoms with E-state index in [9.17, 15) is 4.79 Å². The van der Waals surface area contributed by atoms with Gasteiger partial charge in [-0.05, 0) is 51.2 Å². The molecule has 4 nitrogen and oxygen atoms in total. The van der Waals surface area contributed by atoms with Crippen LogP contribution >= 0.6 is 0 Å². The zero-order valence-corrected chi connectivity index (χ0v) is 11.7. The van der Waals surface area contributed by atoms with Gasteiger partial charge < -0.3 is 10.0 Å². The average Bonchev–Trinajstić information content (AvgIpc) is 2.87. The lowest BCUT2D eigenvalue weighted by Crippen LogP contribution is -2.40. The van der Waals surface area contributed by atoms with Crippen molar-refractivity contribution in [3.05, 3.63) is 0 Å². The van der Waals surface area contributed by atoms with Gasteiger partial charge in [-0.15, -0.1) is 0 Å². The highest BCUT2D eigenvalue weighted by Gasteiger charge is 2.45. The Bertz CT molecular complexity index is 302. The second-order valence-electron chi connectivity index (χ2n) is 6.19. The quantitative estimate of drug-likeness (QED) is 0.750. The topological polar surface area (TPSA) is 43.8 Å². The first-order valence-corrected chi connectivity index (χ1v) is 7.19. The summed E-state index contributed by atoms with van der Waals surface area (Å²) in [6.07, 6.45) is 5.13. The van der Waals surface area contributed by atoms with E-state index in [0.29, 0.717) is 12.5 Å². The molecule has 2 rings (SSSR count). The normalized spacial score (nSPS) is 26.7. The van der Waals surface area contributed by atoms with E-state index in [1.807, 2.05) is 0 Å². The van der Waals surface area contributed by atoms with E-state index in [-0.39, 0.29) is 5.41 Å². The second-order valence-corrected chi connectivity index (χ2v) is 6.19. The Hall–Kier alpha value is -0.610. The van der Waals surface area contributed by atoms with E-state index < -0.39 is 5.97 Å². The predicted octanol–water partition coefficient (Wildman–Crippen LogP) is 1.66. The Balaban J connectivity index is 1.78. The SMILES string of the molecule is CCN1CCCC1CN(C)CC1(CC(=O)O)CC1. The fourth-order valence-corrected chi connectivity index (χ4v) is 3.40. The lowest BCUT2D eigenvalue weighted by molar-refractivity contribution is -0.138. The molecule has 1 aliphatic heterocycles. The van der Waals surface area contributed by atoms with Gasteiger partial charge in [0.2, 0.25) is 0 Å². The number of likely N-dealkylation sites (N-methyl/N-ethyl adjacent to an activating group) is 2. The van der Waals surface area contributed by atoms with Crippen LogP contribution in [0, 0.1) is 5.41 Å². The minimum Gasteiger partial charge on any atom is -0.481 e. The van der Waals surface area contributed by atoms with Crippen LogP contribution in [0.2, 0.25) is 0 Å². The first-order chi connectivity index (χ1) is 8.54. The Morgan fingerprint density at radius 1 is 1.50 bits per heavy atom. The summed E-state index contributed by atoms with van der Waals surface area (Å²) in [6.45, 7) is 6.64. The van der Waals surface area contributed by atoms with Crippen LogP contribution in [0.1, 0.15) is 39.0 Å². The van der Waals surface area contributed by atoms with Gasteiger partial charge >= 0.3 is 5.97 Å². The summed E-state index contributed by atoms with van der Waals surface area (Å²) in [7, 11) is 2.15. The monoisotopic (exact) mass is 254 g/mol. The molecule has 104 valence electrons. The van der Waals surface area contributed by atoms with Crippen molar-refractivity contribution in [2.75, 3.05) is 33.2 Å². The van der Waals surface area contributed by atoms with Crippen LogP contribution in [0.4, 0.5) is 0 Å². The van der Waals surface area contributed by atoms with Crippen molar-refractivity contribution in [2.45, 2.75) is 45.1 Å². The van der Waals surface area contributed by atoms with E-state index in [1.54, 1.807) is 0 Å². The van der Waals surface area contributed by atoms with Crippen molar-refractivity contribution in [1.82, 2.24) is 9.80 Å². The number of carboxylic acids is 1. The molecule has 2 aliphatic rings. The molecule has 1 heterocycles. The number of carboxylic acid groups (broad SMARTS) is 1. The highest BCUT2D eigenvalue weighted by Crippen LogP contribution is 2.49. The first kappa shape index (κ1) is 13.8. The lowest BCUT2D eigenvalue weighted by Gasteiger charge is -2.29. The lowest BCUT2D eigenvalue weighted by atomic mass is 10.0. The van der Waals surface area contributed by atoms with Gasteiger partial charge in [-0.3, -0.25) is 9.69 Å². The molecule has 1 unspecified atom stereocenters. The number of likely N-dealkylation sites (tertiary alicyclic amines) is 1. The summed E-state index contributed by atoms with van der Waals surface area (Å²) < 4.78 is 0. The Kier molecular flexibility index (Phi) is 4.28. The van der Waals surface area contributed by atoms with Crippen LogP contribution in [-0.4, -0.2) is 60.1 Å². The van der Waals surface area contributed by atoms with Crippen LogP contribution in [0.15, 0.2) is 0 Å². The predicted molar refractivity (Wildman–Crippen MR) is 71.7 cm³/mol. The van der Waals surface area contributed by atoms with Gasteiger partial charge in [-0.2, -0.15) is 0 Å².